The molecule has 0 radical (unpaired) electrons. The molecule has 0 aromatic rings. The molecule has 0 aliphatic carbocycles. The van der Waals surface area contributed by atoms with Crippen LogP contribution >= 0.6 is 11.8 Å². The van der Waals surface area contributed by atoms with Crippen LogP contribution in [0.25, 0.3) is 0 Å². The Balaban J connectivity index is 0.00000324. The van der Waals surface area contributed by atoms with Crippen LogP contribution in [0.1, 0.15) is 40.5 Å². The van der Waals surface area contributed by atoms with Crippen molar-refractivity contribution in [2.45, 2.75) is 51.0 Å². The van der Waals surface area contributed by atoms with Crippen LogP contribution in [0.15, 0.2) is 4.99 Å². The van der Waals surface area contributed by atoms with E-state index in [1.807, 2.05) is 20.8 Å². The Morgan fingerprint density at radius 1 is 1.37 bits per heavy atom. The molecule has 0 bridgehead atoms. The summed E-state index contributed by atoms with van der Waals surface area (Å²) in [4.78, 5) is 26.6. The summed E-state index contributed by atoms with van der Waals surface area (Å²) in [5.74, 6) is -1.10. The second kappa shape index (κ2) is 7.67. The summed E-state index contributed by atoms with van der Waals surface area (Å²) in [6.07, 6.45) is 1.03. The fourth-order valence-corrected chi connectivity index (χ4v) is 3.69. The normalized spacial score (nSPS) is 24.6. The third-order valence-corrected chi connectivity index (χ3v) is 4.73. The van der Waals surface area contributed by atoms with E-state index in [0.29, 0.717) is 18.1 Å². The maximum Gasteiger partial charge on any atom is 1.00 e. The molecule has 3 amide bonds. The first-order chi connectivity index (χ1) is 8.38. The zero-order chi connectivity index (χ0) is 13.9. The predicted octanol–water partition coefficient (Wildman–Crippen LogP) is -1.68. The van der Waals surface area contributed by atoms with Crippen molar-refractivity contribution >= 4 is 29.6 Å². The third kappa shape index (κ3) is 3.74. The molecule has 7 heteroatoms. The van der Waals surface area contributed by atoms with Crippen molar-refractivity contribution in [1.82, 2.24) is 5.32 Å². The molecule has 1 heterocycles. The number of hydrogen-bond donors (Lipinski definition) is 1. The van der Waals surface area contributed by atoms with E-state index in [-0.39, 0.29) is 34.8 Å². The molecule has 0 saturated heterocycles. The largest absolute Gasteiger partial charge is 1.00 e. The molecule has 5 nitrogen and oxygen atoms in total. The second-order valence-corrected chi connectivity index (χ2v) is 6.37. The van der Waals surface area contributed by atoms with Crippen LogP contribution in [0, 0.1) is 5.41 Å². The van der Waals surface area contributed by atoms with Crippen molar-refractivity contribution in [2.24, 2.45) is 10.4 Å². The molecule has 19 heavy (non-hydrogen) atoms. The molecule has 1 aliphatic rings. The van der Waals surface area contributed by atoms with Crippen LogP contribution in [0.5, 0.6) is 0 Å². The van der Waals surface area contributed by atoms with Crippen LogP contribution in [-0.2, 0) is 4.79 Å². The van der Waals surface area contributed by atoms with Gasteiger partial charge in [-0.25, -0.2) is 9.79 Å². The molecule has 0 spiro atoms. The average molecular weight is 294 g/mol. The number of carbonyl (C=O) groups excluding carboxylic acids is 2. The van der Waals surface area contributed by atoms with E-state index in [4.69, 9.17) is 0 Å². The number of rotatable bonds is 5. The minimum absolute atomic E-state index is 0. The maximum absolute atomic E-state index is 12.1. The van der Waals surface area contributed by atoms with Gasteiger partial charge in [-0.2, -0.15) is 11.8 Å². The number of hydrogen-bond acceptors (Lipinski definition) is 4. The first-order valence-electron chi connectivity index (χ1n) is 6.15. The SMILES string of the molecule is CCC(SC(C)C)C1(CC)C(=O)NC(=O)N=C1[O-].[Na+]. The van der Waals surface area contributed by atoms with Gasteiger partial charge >= 0.3 is 35.6 Å². The van der Waals surface area contributed by atoms with Gasteiger partial charge in [0.25, 0.3) is 0 Å². The minimum Gasteiger partial charge on any atom is -0.861 e. The van der Waals surface area contributed by atoms with Crippen LogP contribution < -0.4 is 40.0 Å². The van der Waals surface area contributed by atoms with E-state index >= 15 is 0 Å². The van der Waals surface area contributed by atoms with E-state index in [1.165, 1.54) is 0 Å². The zero-order valence-corrected chi connectivity index (χ0v) is 15.0. The molecule has 0 aromatic carbocycles. The van der Waals surface area contributed by atoms with Gasteiger partial charge in [-0.05, 0) is 24.0 Å². The fraction of sp³-hybridized carbons (Fsp3) is 0.750. The summed E-state index contributed by atoms with van der Waals surface area (Å²) in [6.45, 7) is 7.76. The average Bonchev–Trinajstić information content (AvgIpc) is 2.26. The van der Waals surface area contributed by atoms with Gasteiger partial charge in [-0.3, -0.25) is 10.1 Å². The van der Waals surface area contributed by atoms with Gasteiger partial charge < -0.3 is 5.11 Å². The number of urea groups is 1. The standard InChI is InChI=1S/C12H20N2O3S.Na/c1-5-8(18-7(3)4)12(6-2)9(15)13-11(17)14-10(12)16;/h7-8H,5-6H2,1-4H3,(H2,13,14,15,16,17);/q;+1/p-1. The first-order valence-corrected chi connectivity index (χ1v) is 7.09. The molecule has 0 saturated carbocycles. The molecule has 0 aromatic heterocycles. The molecule has 2 atom stereocenters. The van der Waals surface area contributed by atoms with Crippen molar-refractivity contribution in [3.05, 3.63) is 0 Å². The van der Waals surface area contributed by atoms with Crippen molar-refractivity contribution in [3.63, 3.8) is 0 Å². The molecule has 1 rings (SSSR count). The minimum atomic E-state index is -1.20. The third-order valence-electron chi connectivity index (χ3n) is 3.12. The van der Waals surface area contributed by atoms with Crippen LogP contribution in [-0.4, -0.2) is 28.3 Å². The zero-order valence-electron chi connectivity index (χ0n) is 12.1. The number of amides is 3. The molecular weight excluding hydrogens is 275 g/mol. The summed E-state index contributed by atoms with van der Waals surface area (Å²) < 4.78 is 0. The molecule has 1 N–H and O–H groups in total. The molecule has 0 fully saturated rings. The Morgan fingerprint density at radius 3 is 2.32 bits per heavy atom. The molecule has 1 aliphatic heterocycles. The van der Waals surface area contributed by atoms with Crippen LogP contribution in [0.4, 0.5) is 4.79 Å². The number of nitrogens with zero attached hydrogens (tertiary/aromatic N) is 1. The van der Waals surface area contributed by atoms with Crippen LogP contribution in [0.3, 0.4) is 0 Å². The Morgan fingerprint density at radius 2 is 1.95 bits per heavy atom. The summed E-state index contributed by atoms with van der Waals surface area (Å²) in [7, 11) is 0. The summed E-state index contributed by atoms with van der Waals surface area (Å²) in [5, 5.41) is 14.4. The first kappa shape index (κ1) is 19.0. The Hall–Kier alpha value is -0.0400. The van der Waals surface area contributed by atoms with E-state index in [1.54, 1.807) is 18.7 Å². The smallest absolute Gasteiger partial charge is 0.861 e. The van der Waals surface area contributed by atoms with Gasteiger partial charge in [-0.15, -0.1) is 0 Å². The predicted molar refractivity (Wildman–Crippen MR) is 70.5 cm³/mol. The summed E-state index contributed by atoms with van der Waals surface area (Å²) in [6, 6.07) is -0.849. The van der Waals surface area contributed by atoms with Crippen molar-refractivity contribution in [1.29, 1.82) is 0 Å². The summed E-state index contributed by atoms with van der Waals surface area (Å²) in [5.41, 5.74) is -1.20. The molecular formula is C12H19N2NaO3S. The number of carbonyl (C=O) groups is 2. The van der Waals surface area contributed by atoms with Gasteiger partial charge in [0.1, 0.15) is 0 Å². The van der Waals surface area contributed by atoms with Crippen molar-refractivity contribution in [2.75, 3.05) is 0 Å². The fourth-order valence-electron chi connectivity index (χ4n) is 2.24. The summed E-state index contributed by atoms with van der Waals surface area (Å²) >= 11 is 1.59. The van der Waals surface area contributed by atoms with Crippen LogP contribution in [0.2, 0.25) is 0 Å². The van der Waals surface area contributed by atoms with E-state index in [9.17, 15) is 14.7 Å². The maximum atomic E-state index is 12.1. The number of aliphatic imine (C=N–C) groups is 1. The van der Waals surface area contributed by atoms with E-state index in [0.717, 1.165) is 0 Å². The molecule has 2 unspecified atom stereocenters. The number of thioether (sulfide) groups is 1. The molecule has 102 valence electrons. The van der Waals surface area contributed by atoms with Crippen molar-refractivity contribution in [3.8, 4) is 0 Å². The van der Waals surface area contributed by atoms with Gasteiger partial charge in [0, 0.05) is 5.25 Å². The van der Waals surface area contributed by atoms with Gasteiger partial charge in [-0.1, -0.05) is 27.7 Å². The second-order valence-electron chi connectivity index (χ2n) is 4.58. The van der Waals surface area contributed by atoms with Gasteiger partial charge in [0.15, 0.2) is 0 Å². The Kier molecular flexibility index (Phi) is 7.65. The van der Waals surface area contributed by atoms with Gasteiger partial charge in [0.2, 0.25) is 5.91 Å². The Labute approximate surface area is 140 Å². The number of imide groups is 1. The van der Waals surface area contributed by atoms with Crippen molar-refractivity contribution < 1.29 is 44.3 Å². The topological polar surface area (TPSA) is 81.6 Å². The quantitative estimate of drug-likeness (QED) is 0.614. The van der Waals surface area contributed by atoms with E-state index in [2.05, 4.69) is 10.3 Å². The monoisotopic (exact) mass is 294 g/mol. The van der Waals surface area contributed by atoms with Gasteiger partial charge in [0.05, 0.1) is 5.41 Å². The van der Waals surface area contributed by atoms with E-state index < -0.39 is 23.3 Å². The number of nitrogens with one attached hydrogen (secondary N) is 1. The Bertz CT molecular complexity index is 387.